The number of hydrogen-bond acceptors (Lipinski definition) is 4. The molecule has 1 aromatic carbocycles. The molecule has 1 amide bonds. The molecule has 3 rings (SSSR count). The van der Waals surface area contributed by atoms with Crippen LogP contribution in [-0.4, -0.2) is 61.0 Å². The standard InChI is InChI=1S/C18H26N2O2S/c1-4-23-12-17(21)20-10-14-9-19(2)18(16(14)11-20)13-5-7-15(22-3)8-6-13/h5-8,14,16,18H,4,9-12H2,1-3H3/t14-,16+,18-/m0/s1. The van der Waals surface area contributed by atoms with Gasteiger partial charge in [0, 0.05) is 31.6 Å². The molecule has 2 aliphatic rings. The van der Waals surface area contributed by atoms with Crippen LogP contribution in [0.4, 0.5) is 0 Å². The summed E-state index contributed by atoms with van der Waals surface area (Å²) in [6, 6.07) is 8.81. The van der Waals surface area contributed by atoms with E-state index in [1.54, 1.807) is 18.9 Å². The average molecular weight is 334 g/mol. The molecule has 0 unspecified atom stereocenters. The number of nitrogens with zero attached hydrogens (tertiary/aromatic N) is 2. The molecule has 0 radical (unpaired) electrons. The van der Waals surface area contributed by atoms with Gasteiger partial charge in [0.2, 0.25) is 5.91 Å². The van der Waals surface area contributed by atoms with Crippen molar-refractivity contribution in [1.82, 2.24) is 9.80 Å². The summed E-state index contributed by atoms with van der Waals surface area (Å²) in [5.74, 6) is 3.97. The van der Waals surface area contributed by atoms with Gasteiger partial charge in [-0.3, -0.25) is 9.69 Å². The van der Waals surface area contributed by atoms with Crippen molar-refractivity contribution in [3.63, 3.8) is 0 Å². The third-order valence-electron chi connectivity index (χ3n) is 5.13. The summed E-state index contributed by atoms with van der Waals surface area (Å²) in [4.78, 5) is 16.8. The van der Waals surface area contributed by atoms with Crippen LogP contribution >= 0.6 is 11.8 Å². The zero-order valence-corrected chi connectivity index (χ0v) is 15.0. The summed E-state index contributed by atoms with van der Waals surface area (Å²) < 4.78 is 5.26. The van der Waals surface area contributed by atoms with Crippen LogP contribution in [0, 0.1) is 11.8 Å². The second kappa shape index (κ2) is 7.14. The molecule has 1 aromatic rings. The van der Waals surface area contributed by atoms with Gasteiger partial charge in [-0.25, -0.2) is 0 Å². The lowest BCUT2D eigenvalue weighted by atomic mass is 9.89. The fourth-order valence-electron chi connectivity index (χ4n) is 4.04. The lowest BCUT2D eigenvalue weighted by Crippen LogP contribution is -2.34. The third kappa shape index (κ3) is 3.36. The highest BCUT2D eigenvalue weighted by Gasteiger charge is 2.47. The van der Waals surface area contributed by atoms with Crippen LogP contribution in [0.3, 0.4) is 0 Å². The molecule has 0 spiro atoms. The summed E-state index contributed by atoms with van der Waals surface area (Å²) in [6.07, 6.45) is 0. The molecule has 0 saturated carbocycles. The van der Waals surface area contributed by atoms with Gasteiger partial charge in [0.1, 0.15) is 5.75 Å². The van der Waals surface area contributed by atoms with E-state index in [9.17, 15) is 4.79 Å². The first-order valence-corrected chi connectivity index (χ1v) is 9.49. The van der Waals surface area contributed by atoms with Crippen molar-refractivity contribution in [2.45, 2.75) is 13.0 Å². The average Bonchev–Trinajstić information content (AvgIpc) is 3.09. The molecule has 2 saturated heterocycles. The Morgan fingerprint density at radius 1 is 1.26 bits per heavy atom. The number of carbonyl (C=O) groups excluding carboxylic acids is 1. The van der Waals surface area contributed by atoms with Crippen LogP contribution in [0.25, 0.3) is 0 Å². The zero-order chi connectivity index (χ0) is 16.4. The SMILES string of the molecule is CCSCC(=O)N1C[C@@H]2CN(C)[C@@H](c3ccc(OC)cc3)[C@@H]2C1. The Morgan fingerprint density at radius 3 is 2.65 bits per heavy atom. The van der Waals surface area contributed by atoms with Gasteiger partial charge in [-0.1, -0.05) is 19.1 Å². The first-order chi connectivity index (χ1) is 11.1. The Kier molecular flexibility index (Phi) is 5.17. The number of thioether (sulfide) groups is 1. The van der Waals surface area contributed by atoms with Crippen LogP contribution in [0.15, 0.2) is 24.3 Å². The molecule has 2 heterocycles. The molecule has 126 valence electrons. The number of benzene rings is 1. The minimum atomic E-state index is 0.308. The van der Waals surface area contributed by atoms with E-state index in [0.717, 1.165) is 31.1 Å². The largest absolute Gasteiger partial charge is 0.497 e. The third-order valence-corrected chi connectivity index (χ3v) is 5.99. The van der Waals surface area contributed by atoms with Crippen LogP contribution in [0.2, 0.25) is 0 Å². The van der Waals surface area contributed by atoms with Crippen LogP contribution in [-0.2, 0) is 4.79 Å². The molecule has 0 bridgehead atoms. The molecule has 2 aliphatic heterocycles. The number of likely N-dealkylation sites (tertiary alicyclic amines) is 2. The van der Waals surface area contributed by atoms with Gasteiger partial charge >= 0.3 is 0 Å². The first kappa shape index (κ1) is 16.7. The maximum Gasteiger partial charge on any atom is 0.232 e. The van der Waals surface area contributed by atoms with Crippen molar-refractivity contribution in [3.8, 4) is 5.75 Å². The number of amides is 1. The molecule has 23 heavy (non-hydrogen) atoms. The van der Waals surface area contributed by atoms with Gasteiger partial charge in [0.05, 0.1) is 12.9 Å². The van der Waals surface area contributed by atoms with Crippen molar-refractivity contribution < 1.29 is 9.53 Å². The Hall–Kier alpha value is -1.20. The number of hydrogen-bond donors (Lipinski definition) is 0. The Bertz CT molecular complexity index is 548. The summed E-state index contributed by atoms with van der Waals surface area (Å²) >= 11 is 1.72. The molecule has 0 N–H and O–H groups in total. The maximum absolute atomic E-state index is 12.3. The second-order valence-corrected chi connectivity index (χ2v) is 7.79. The summed E-state index contributed by atoms with van der Waals surface area (Å²) in [5.41, 5.74) is 1.33. The van der Waals surface area contributed by atoms with Gasteiger partial charge in [-0.15, -0.1) is 0 Å². The van der Waals surface area contributed by atoms with Gasteiger partial charge in [-0.05, 0) is 36.4 Å². The number of carbonyl (C=O) groups is 1. The Balaban J connectivity index is 1.71. The smallest absolute Gasteiger partial charge is 0.232 e. The van der Waals surface area contributed by atoms with Gasteiger partial charge in [0.15, 0.2) is 0 Å². The highest BCUT2D eigenvalue weighted by atomic mass is 32.2. The second-order valence-electron chi connectivity index (χ2n) is 6.52. The van der Waals surface area contributed by atoms with E-state index < -0.39 is 0 Å². The van der Waals surface area contributed by atoms with E-state index in [1.807, 2.05) is 12.1 Å². The van der Waals surface area contributed by atoms with Crippen molar-refractivity contribution >= 4 is 17.7 Å². The van der Waals surface area contributed by atoms with Gasteiger partial charge in [-0.2, -0.15) is 11.8 Å². The lowest BCUT2D eigenvalue weighted by molar-refractivity contribution is -0.127. The van der Waals surface area contributed by atoms with Crippen molar-refractivity contribution in [2.24, 2.45) is 11.8 Å². The quantitative estimate of drug-likeness (QED) is 0.828. The van der Waals surface area contributed by atoms with Gasteiger partial charge < -0.3 is 9.64 Å². The van der Waals surface area contributed by atoms with Crippen molar-refractivity contribution in [2.75, 3.05) is 45.3 Å². The van der Waals surface area contributed by atoms with E-state index in [-0.39, 0.29) is 0 Å². The number of fused-ring (bicyclic) bond motifs is 1. The Labute approximate surface area is 143 Å². The predicted octanol–water partition coefficient (Wildman–Crippen LogP) is 2.51. The summed E-state index contributed by atoms with van der Waals surface area (Å²) in [5, 5.41) is 0. The minimum Gasteiger partial charge on any atom is -0.497 e. The first-order valence-electron chi connectivity index (χ1n) is 8.33. The molecular formula is C18H26N2O2S. The van der Waals surface area contributed by atoms with Gasteiger partial charge in [0.25, 0.3) is 0 Å². The van der Waals surface area contributed by atoms with Crippen LogP contribution in [0.5, 0.6) is 5.75 Å². The molecule has 2 fully saturated rings. The van der Waals surface area contributed by atoms with Crippen molar-refractivity contribution in [1.29, 1.82) is 0 Å². The molecule has 0 aliphatic carbocycles. The normalized spacial score (nSPS) is 27.3. The van der Waals surface area contributed by atoms with Crippen LogP contribution in [0.1, 0.15) is 18.5 Å². The fraction of sp³-hybridized carbons (Fsp3) is 0.611. The molecule has 0 aromatic heterocycles. The summed E-state index contributed by atoms with van der Waals surface area (Å²) in [7, 11) is 3.90. The lowest BCUT2D eigenvalue weighted by Gasteiger charge is -2.27. The van der Waals surface area contributed by atoms with E-state index >= 15 is 0 Å². The fourth-order valence-corrected chi connectivity index (χ4v) is 4.61. The van der Waals surface area contributed by atoms with Crippen molar-refractivity contribution in [3.05, 3.63) is 29.8 Å². The summed E-state index contributed by atoms with van der Waals surface area (Å²) in [6.45, 7) is 5.00. The minimum absolute atomic E-state index is 0.308. The maximum atomic E-state index is 12.3. The Morgan fingerprint density at radius 2 is 2.00 bits per heavy atom. The van der Waals surface area contributed by atoms with E-state index in [2.05, 4.69) is 35.9 Å². The number of methoxy groups -OCH3 is 1. The highest BCUT2D eigenvalue weighted by Crippen LogP contribution is 2.44. The monoisotopic (exact) mass is 334 g/mol. The highest BCUT2D eigenvalue weighted by molar-refractivity contribution is 7.99. The van der Waals surface area contributed by atoms with E-state index in [1.165, 1.54) is 5.56 Å². The molecule has 4 nitrogen and oxygen atoms in total. The number of ether oxygens (including phenoxy) is 1. The van der Waals surface area contributed by atoms with E-state index in [0.29, 0.717) is 29.5 Å². The topological polar surface area (TPSA) is 32.8 Å². The van der Waals surface area contributed by atoms with E-state index in [4.69, 9.17) is 4.74 Å². The molecule has 5 heteroatoms. The number of rotatable bonds is 5. The zero-order valence-electron chi connectivity index (χ0n) is 14.2. The molecular weight excluding hydrogens is 308 g/mol. The predicted molar refractivity (Wildman–Crippen MR) is 94.9 cm³/mol. The van der Waals surface area contributed by atoms with Crippen LogP contribution < -0.4 is 4.74 Å². The molecule has 3 atom stereocenters.